The fourth-order valence-corrected chi connectivity index (χ4v) is 1.79. The number of aromatic carboxylic acids is 1. The van der Waals surface area contributed by atoms with Gasteiger partial charge in [-0.3, -0.25) is 10.1 Å². The predicted octanol–water partition coefficient (Wildman–Crippen LogP) is 2.24. The van der Waals surface area contributed by atoms with Gasteiger partial charge in [0.2, 0.25) is 5.69 Å². The van der Waals surface area contributed by atoms with E-state index in [0.29, 0.717) is 5.69 Å². The molecule has 0 atom stereocenters. The molecule has 0 bridgehead atoms. The number of hydrogen-bond acceptors (Lipinski definition) is 4. The Morgan fingerprint density at radius 2 is 2.22 bits per heavy atom. The van der Waals surface area contributed by atoms with Crippen LogP contribution in [-0.2, 0) is 0 Å². The molecule has 1 heterocycles. The highest BCUT2D eigenvalue weighted by Crippen LogP contribution is 2.21. The molecule has 1 N–H and O–H groups in total. The van der Waals surface area contributed by atoms with E-state index in [-0.39, 0.29) is 0 Å². The van der Waals surface area contributed by atoms with Crippen LogP contribution in [0.1, 0.15) is 10.5 Å². The molecule has 1 aromatic heterocycles. The van der Waals surface area contributed by atoms with Crippen LogP contribution >= 0.6 is 15.9 Å². The molecular formula is C10H6BrN3O4. The van der Waals surface area contributed by atoms with E-state index in [0.717, 1.165) is 15.4 Å². The monoisotopic (exact) mass is 311 g/mol. The van der Waals surface area contributed by atoms with E-state index in [1.165, 1.54) is 0 Å². The van der Waals surface area contributed by atoms with Crippen molar-refractivity contribution < 1.29 is 14.8 Å². The van der Waals surface area contributed by atoms with Gasteiger partial charge in [-0.15, -0.1) is 0 Å². The van der Waals surface area contributed by atoms with Crippen LogP contribution in [0.3, 0.4) is 0 Å². The van der Waals surface area contributed by atoms with E-state index in [4.69, 9.17) is 5.11 Å². The number of carboxylic acids is 1. The van der Waals surface area contributed by atoms with Crippen LogP contribution in [0.15, 0.2) is 34.9 Å². The van der Waals surface area contributed by atoms with E-state index >= 15 is 0 Å². The Bertz CT molecular complexity index is 606. The Morgan fingerprint density at radius 3 is 2.72 bits per heavy atom. The van der Waals surface area contributed by atoms with Crippen LogP contribution in [0.5, 0.6) is 0 Å². The van der Waals surface area contributed by atoms with Gasteiger partial charge in [0.25, 0.3) is 0 Å². The molecule has 2 rings (SSSR count). The first-order valence-corrected chi connectivity index (χ1v) is 5.51. The van der Waals surface area contributed by atoms with Crippen molar-refractivity contribution >= 4 is 27.6 Å². The largest absolute Gasteiger partial charge is 0.476 e. The van der Waals surface area contributed by atoms with Gasteiger partial charge in [0.05, 0.1) is 10.6 Å². The van der Waals surface area contributed by atoms with Crippen molar-refractivity contribution in [3.8, 4) is 5.69 Å². The highest BCUT2D eigenvalue weighted by atomic mass is 79.9. The summed E-state index contributed by atoms with van der Waals surface area (Å²) in [6.45, 7) is 0. The first-order chi connectivity index (χ1) is 8.49. The summed E-state index contributed by atoms with van der Waals surface area (Å²) < 4.78 is 1.92. The number of nitro groups is 1. The molecule has 0 aliphatic carbocycles. The second-order valence-corrected chi connectivity index (χ2v) is 4.27. The Morgan fingerprint density at radius 1 is 1.50 bits per heavy atom. The predicted molar refractivity (Wildman–Crippen MR) is 64.9 cm³/mol. The standard InChI is InChI=1S/C10H6BrN3O4/c11-6-2-1-3-7(4-6)13-5-8(14(17)18)9(12-13)10(15)16/h1-5H,(H,15,16). The number of aromatic nitrogens is 2. The molecule has 18 heavy (non-hydrogen) atoms. The van der Waals surface area contributed by atoms with Crippen molar-refractivity contribution in [2.45, 2.75) is 0 Å². The normalized spacial score (nSPS) is 10.3. The number of carboxylic acid groups (broad SMARTS) is 1. The van der Waals surface area contributed by atoms with Gasteiger partial charge in [-0.1, -0.05) is 22.0 Å². The summed E-state index contributed by atoms with van der Waals surface area (Å²) >= 11 is 3.25. The van der Waals surface area contributed by atoms with Gasteiger partial charge in [0.1, 0.15) is 6.20 Å². The van der Waals surface area contributed by atoms with Gasteiger partial charge in [0, 0.05) is 4.47 Å². The third kappa shape index (κ3) is 2.23. The van der Waals surface area contributed by atoms with Gasteiger partial charge >= 0.3 is 11.7 Å². The Balaban J connectivity index is 2.57. The second-order valence-electron chi connectivity index (χ2n) is 3.35. The average Bonchev–Trinajstić information content (AvgIpc) is 2.73. The lowest BCUT2D eigenvalue weighted by atomic mass is 10.3. The number of benzene rings is 1. The SMILES string of the molecule is O=C(O)c1nn(-c2cccc(Br)c2)cc1[N+](=O)[O-]. The summed E-state index contributed by atoms with van der Waals surface area (Å²) in [5.74, 6) is -1.43. The van der Waals surface area contributed by atoms with Gasteiger partial charge in [-0.05, 0) is 18.2 Å². The van der Waals surface area contributed by atoms with E-state index in [9.17, 15) is 14.9 Å². The van der Waals surface area contributed by atoms with Crippen LogP contribution in [-0.4, -0.2) is 25.8 Å². The maximum atomic E-state index is 10.8. The van der Waals surface area contributed by atoms with Crippen LogP contribution in [0.25, 0.3) is 5.69 Å². The summed E-state index contributed by atoms with van der Waals surface area (Å²) in [5.41, 5.74) is -0.595. The molecule has 0 fully saturated rings. The lowest BCUT2D eigenvalue weighted by Crippen LogP contribution is -2.02. The topological polar surface area (TPSA) is 98.3 Å². The Hall–Kier alpha value is -2.22. The van der Waals surface area contributed by atoms with Crippen molar-refractivity contribution in [2.75, 3.05) is 0 Å². The van der Waals surface area contributed by atoms with Crippen LogP contribution in [0.2, 0.25) is 0 Å². The lowest BCUT2D eigenvalue weighted by molar-refractivity contribution is -0.385. The van der Waals surface area contributed by atoms with Crippen LogP contribution in [0.4, 0.5) is 5.69 Å². The third-order valence-electron chi connectivity index (χ3n) is 2.17. The summed E-state index contributed by atoms with van der Waals surface area (Å²) in [5, 5.41) is 23.3. The maximum Gasteiger partial charge on any atom is 0.363 e. The molecule has 0 aliphatic rings. The highest BCUT2D eigenvalue weighted by molar-refractivity contribution is 9.10. The number of hydrogen-bond donors (Lipinski definition) is 1. The first kappa shape index (κ1) is 12.2. The molecule has 0 spiro atoms. The first-order valence-electron chi connectivity index (χ1n) is 4.72. The maximum absolute atomic E-state index is 10.8. The fraction of sp³-hybridized carbons (Fsp3) is 0. The number of rotatable bonds is 3. The Labute approximate surface area is 109 Å². The van der Waals surface area contributed by atoms with E-state index in [1.807, 2.05) is 0 Å². The minimum absolute atomic E-state index is 0.528. The van der Waals surface area contributed by atoms with Gasteiger partial charge in [-0.2, -0.15) is 5.10 Å². The van der Waals surface area contributed by atoms with Crippen molar-refractivity contribution in [3.05, 3.63) is 50.7 Å². The van der Waals surface area contributed by atoms with Crippen molar-refractivity contribution in [1.29, 1.82) is 0 Å². The van der Waals surface area contributed by atoms with Crippen LogP contribution in [0, 0.1) is 10.1 Å². The molecule has 0 unspecified atom stereocenters. The minimum Gasteiger partial charge on any atom is -0.476 e. The molecule has 0 aliphatic heterocycles. The molecular weight excluding hydrogens is 306 g/mol. The zero-order valence-electron chi connectivity index (χ0n) is 8.78. The van der Waals surface area contributed by atoms with E-state index < -0.39 is 22.3 Å². The molecule has 0 amide bonds. The number of nitrogens with zero attached hydrogens (tertiary/aromatic N) is 3. The fourth-order valence-electron chi connectivity index (χ4n) is 1.40. The Kier molecular flexibility index (Phi) is 3.11. The number of carbonyl (C=O) groups is 1. The molecule has 0 saturated heterocycles. The molecule has 2 aromatic rings. The quantitative estimate of drug-likeness (QED) is 0.692. The zero-order chi connectivity index (χ0) is 13.3. The molecule has 1 aromatic carbocycles. The molecule has 0 saturated carbocycles. The average molecular weight is 312 g/mol. The molecule has 7 nitrogen and oxygen atoms in total. The van der Waals surface area contributed by atoms with Gasteiger partial charge in [0.15, 0.2) is 0 Å². The summed E-state index contributed by atoms with van der Waals surface area (Å²) in [6.07, 6.45) is 1.07. The number of halogens is 1. The van der Waals surface area contributed by atoms with Gasteiger partial charge < -0.3 is 5.11 Å². The molecule has 92 valence electrons. The summed E-state index contributed by atoms with van der Waals surface area (Å²) in [7, 11) is 0. The van der Waals surface area contributed by atoms with E-state index in [1.54, 1.807) is 24.3 Å². The molecule has 8 heteroatoms. The minimum atomic E-state index is -1.43. The lowest BCUT2D eigenvalue weighted by Gasteiger charge is -1.99. The van der Waals surface area contributed by atoms with Gasteiger partial charge in [-0.25, -0.2) is 9.48 Å². The highest BCUT2D eigenvalue weighted by Gasteiger charge is 2.25. The van der Waals surface area contributed by atoms with Crippen molar-refractivity contribution in [2.24, 2.45) is 0 Å². The second kappa shape index (κ2) is 4.57. The summed E-state index contributed by atoms with van der Waals surface area (Å²) in [6, 6.07) is 6.82. The third-order valence-corrected chi connectivity index (χ3v) is 2.66. The van der Waals surface area contributed by atoms with E-state index in [2.05, 4.69) is 21.0 Å². The summed E-state index contributed by atoms with van der Waals surface area (Å²) in [4.78, 5) is 20.8. The van der Waals surface area contributed by atoms with Crippen molar-refractivity contribution in [1.82, 2.24) is 9.78 Å². The molecule has 0 radical (unpaired) electrons. The smallest absolute Gasteiger partial charge is 0.363 e. The van der Waals surface area contributed by atoms with Crippen molar-refractivity contribution in [3.63, 3.8) is 0 Å². The van der Waals surface area contributed by atoms with Crippen LogP contribution < -0.4 is 0 Å². The zero-order valence-corrected chi connectivity index (χ0v) is 10.4.